The number of aliphatic carboxylic acids is 1. The van der Waals surface area contributed by atoms with E-state index >= 15 is 0 Å². The number of hydrogen-bond acceptors (Lipinski definition) is 2. The van der Waals surface area contributed by atoms with Crippen LogP contribution < -0.4 is 0 Å². The summed E-state index contributed by atoms with van der Waals surface area (Å²) in [5.74, 6) is -0.705. The van der Waals surface area contributed by atoms with E-state index < -0.39 is 5.97 Å². The minimum absolute atomic E-state index is 0.170. The Morgan fingerprint density at radius 2 is 2.12 bits per heavy atom. The molecule has 3 nitrogen and oxygen atoms in total. The van der Waals surface area contributed by atoms with E-state index in [1.54, 1.807) is 0 Å². The SMILES string of the molecule is CC(C)OCC1CC(C)(C)CCC1C(=O)O. The lowest BCUT2D eigenvalue weighted by Crippen LogP contribution is -2.37. The molecule has 1 fully saturated rings. The van der Waals surface area contributed by atoms with Gasteiger partial charge in [-0.1, -0.05) is 13.8 Å². The molecule has 0 aromatic heterocycles. The topological polar surface area (TPSA) is 46.5 Å². The maximum absolute atomic E-state index is 11.2. The summed E-state index contributed by atoms with van der Waals surface area (Å²) in [5, 5.41) is 9.19. The van der Waals surface area contributed by atoms with Crippen molar-refractivity contribution in [3.63, 3.8) is 0 Å². The zero-order chi connectivity index (χ0) is 12.3. The fraction of sp³-hybridized carbons (Fsp3) is 0.923. The quantitative estimate of drug-likeness (QED) is 0.804. The van der Waals surface area contributed by atoms with Crippen molar-refractivity contribution < 1.29 is 14.6 Å². The van der Waals surface area contributed by atoms with Crippen LogP contribution in [0.25, 0.3) is 0 Å². The highest BCUT2D eigenvalue weighted by Crippen LogP contribution is 2.42. The van der Waals surface area contributed by atoms with Crippen LogP contribution in [0.15, 0.2) is 0 Å². The van der Waals surface area contributed by atoms with Gasteiger partial charge in [0.05, 0.1) is 18.6 Å². The number of ether oxygens (including phenoxy) is 1. The van der Waals surface area contributed by atoms with Gasteiger partial charge in [0.2, 0.25) is 0 Å². The van der Waals surface area contributed by atoms with Crippen molar-refractivity contribution in [2.75, 3.05) is 6.61 Å². The highest BCUT2D eigenvalue weighted by atomic mass is 16.5. The summed E-state index contributed by atoms with van der Waals surface area (Å²) in [4.78, 5) is 11.2. The van der Waals surface area contributed by atoms with Crippen LogP contribution in [0.4, 0.5) is 0 Å². The molecule has 0 radical (unpaired) electrons. The molecule has 0 saturated heterocycles. The predicted molar refractivity (Wildman–Crippen MR) is 63.3 cm³/mol. The first-order valence-electron chi connectivity index (χ1n) is 6.16. The number of carboxylic acid groups (broad SMARTS) is 1. The maximum atomic E-state index is 11.2. The first kappa shape index (κ1) is 13.5. The highest BCUT2D eigenvalue weighted by molar-refractivity contribution is 5.70. The Balaban J connectivity index is 2.61. The van der Waals surface area contributed by atoms with E-state index in [-0.39, 0.29) is 23.4 Å². The van der Waals surface area contributed by atoms with Crippen LogP contribution in [0.5, 0.6) is 0 Å². The van der Waals surface area contributed by atoms with Gasteiger partial charge in [0, 0.05) is 0 Å². The molecule has 1 saturated carbocycles. The normalized spacial score (nSPS) is 29.3. The molecule has 0 aliphatic heterocycles. The second kappa shape index (κ2) is 5.17. The van der Waals surface area contributed by atoms with Gasteiger partial charge >= 0.3 is 5.97 Å². The summed E-state index contributed by atoms with van der Waals surface area (Å²) in [6.07, 6.45) is 2.92. The Morgan fingerprint density at radius 1 is 1.50 bits per heavy atom. The molecule has 2 atom stereocenters. The largest absolute Gasteiger partial charge is 0.481 e. The summed E-state index contributed by atoms with van der Waals surface area (Å²) >= 11 is 0. The smallest absolute Gasteiger partial charge is 0.306 e. The number of carbonyl (C=O) groups is 1. The van der Waals surface area contributed by atoms with E-state index in [1.165, 1.54) is 0 Å². The van der Waals surface area contributed by atoms with Crippen molar-refractivity contribution in [1.29, 1.82) is 0 Å². The van der Waals surface area contributed by atoms with E-state index in [0.717, 1.165) is 19.3 Å². The molecule has 0 bridgehead atoms. The summed E-state index contributed by atoms with van der Waals surface area (Å²) in [6, 6.07) is 0. The van der Waals surface area contributed by atoms with Gasteiger partial charge in [0.1, 0.15) is 0 Å². The van der Waals surface area contributed by atoms with Gasteiger partial charge in [-0.3, -0.25) is 4.79 Å². The minimum atomic E-state index is -0.659. The zero-order valence-corrected chi connectivity index (χ0v) is 10.8. The van der Waals surface area contributed by atoms with Crippen LogP contribution in [0.2, 0.25) is 0 Å². The van der Waals surface area contributed by atoms with Crippen molar-refractivity contribution in [2.45, 2.75) is 53.1 Å². The maximum Gasteiger partial charge on any atom is 0.306 e. The van der Waals surface area contributed by atoms with E-state index in [9.17, 15) is 9.90 Å². The second-order valence-corrected chi connectivity index (χ2v) is 5.99. The molecule has 1 rings (SSSR count). The Bertz CT molecular complexity index is 246. The van der Waals surface area contributed by atoms with Crippen LogP contribution in [0.1, 0.15) is 47.0 Å². The fourth-order valence-corrected chi connectivity index (χ4v) is 2.55. The van der Waals surface area contributed by atoms with Crippen molar-refractivity contribution in [3.8, 4) is 0 Å². The van der Waals surface area contributed by atoms with Gasteiger partial charge in [0.15, 0.2) is 0 Å². The van der Waals surface area contributed by atoms with Crippen molar-refractivity contribution >= 4 is 5.97 Å². The molecule has 16 heavy (non-hydrogen) atoms. The standard InChI is InChI=1S/C13H24O3/c1-9(2)16-8-10-7-13(3,4)6-5-11(10)12(14)15/h9-11H,5-8H2,1-4H3,(H,14,15). The molecule has 2 unspecified atom stereocenters. The third-order valence-corrected chi connectivity index (χ3v) is 3.48. The predicted octanol–water partition coefficient (Wildman–Crippen LogP) is 2.94. The Hall–Kier alpha value is -0.570. The van der Waals surface area contributed by atoms with E-state index in [4.69, 9.17) is 4.74 Å². The van der Waals surface area contributed by atoms with Gasteiger partial charge in [-0.25, -0.2) is 0 Å². The lowest BCUT2D eigenvalue weighted by Gasteiger charge is -2.39. The monoisotopic (exact) mass is 228 g/mol. The summed E-state index contributed by atoms with van der Waals surface area (Å²) < 4.78 is 5.59. The molecular weight excluding hydrogens is 204 g/mol. The average molecular weight is 228 g/mol. The molecule has 0 aromatic carbocycles. The van der Waals surface area contributed by atoms with Crippen molar-refractivity contribution in [2.24, 2.45) is 17.3 Å². The van der Waals surface area contributed by atoms with Crippen molar-refractivity contribution in [1.82, 2.24) is 0 Å². The third-order valence-electron chi connectivity index (χ3n) is 3.48. The molecule has 1 aliphatic carbocycles. The minimum Gasteiger partial charge on any atom is -0.481 e. The number of carboxylic acids is 1. The van der Waals surface area contributed by atoms with Crippen LogP contribution in [-0.2, 0) is 9.53 Å². The number of hydrogen-bond donors (Lipinski definition) is 1. The molecule has 0 amide bonds. The molecular formula is C13H24O3. The molecule has 3 heteroatoms. The first-order chi connectivity index (χ1) is 7.32. The Morgan fingerprint density at radius 3 is 2.62 bits per heavy atom. The molecule has 0 spiro atoms. The van der Waals surface area contributed by atoms with Crippen molar-refractivity contribution in [3.05, 3.63) is 0 Å². The zero-order valence-electron chi connectivity index (χ0n) is 10.8. The fourth-order valence-electron chi connectivity index (χ4n) is 2.55. The molecule has 0 heterocycles. The second-order valence-electron chi connectivity index (χ2n) is 5.99. The lowest BCUT2D eigenvalue weighted by molar-refractivity contribution is -0.148. The summed E-state index contributed by atoms with van der Waals surface area (Å²) in [6.45, 7) is 8.99. The van der Waals surface area contributed by atoms with Gasteiger partial charge in [-0.15, -0.1) is 0 Å². The molecule has 1 N–H and O–H groups in total. The molecule has 94 valence electrons. The van der Waals surface area contributed by atoms with Gasteiger partial charge in [-0.2, -0.15) is 0 Å². The highest BCUT2D eigenvalue weighted by Gasteiger charge is 2.38. The van der Waals surface area contributed by atoms with Crippen LogP contribution in [0, 0.1) is 17.3 Å². The van der Waals surface area contributed by atoms with Gasteiger partial charge in [-0.05, 0) is 44.4 Å². The van der Waals surface area contributed by atoms with Crippen LogP contribution >= 0.6 is 0 Å². The van der Waals surface area contributed by atoms with E-state index in [2.05, 4.69) is 13.8 Å². The Kier molecular flexibility index (Phi) is 4.36. The average Bonchev–Trinajstić information content (AvgIpc) is 2.12. The van der Waals surface area contributed by atoms with E-state index in [1.807, 2.05) is 13.8 Å². The van der Waals surface area contributed by atoms with E-state index in [0.29, 0.717) is 6.61 Å². The summed E-state index contributed by atoms with van der Waals surface area (Å²) in [5.41, 5.74) is 0.261. The Labute approximate surface area is 98.2 Å². The lowest BCUT2D eigenvalue weighted by atomic mass is 9.67. The molecule has 0 aromatic rings. The van der Waals surface area contributed by atoms with Gasteiger partial charge < -0.3 is 9.84 Å². The number of rotatable bonds is 4. The summed E-state index contributed by atoms with van der Waals surface area (Å²) in [7, 11) is 0. The molecule has 1 aliphatic rings. The van der Waals surface area contributed by atoms with Crippen LogP contribution in [0.3, 0.4) is 0 Å². The first-order valence-corrected chi connectivity index (χ1v) is 6.16. The van der Waals surface area contributed by atoms with Crippen LogP contribution in [-0.4, -0.2) is 23.8 Å². The van der Waals surface area contributed by atoms with Gasteiger partial charge in [0.25, 0.3) is 0 Å². The third kappa shape index (κ3) is 3.78.